The van der Waals surface area contributed by atoms with E-state index in [1.165, 1.54) is 29.5 Å². The van der Waals surface area contributed by atoms with Crippen LogP contribution in [-0.2, 0) is 0 Å². The monoisotopic (exact) mass is 262 g/mol. The Kier molecular flexibility index (Phi) is 4.51. The van der Waals surface area contributed by atoms with Crippen molar-refractivity contribution in [2.45, 2.75) is 51.9 Å². The average molecular weight is 262 g/mol. The molecule has 1 aliphatic carbocycles. The van der Waals surface area contributed by atoms with Gasteiger partial charge in [0.1, 0.15) is 5.75 Å². The van der Waals surface area contributed by atoms with E-state index in [-0.39, 0.29) is 6.61 Å². The first-order valence-electron chi connectivity index (χ1n) is 7.37. The Labute approximate surface area is 116 Å². The third-order valence-corrected chi connectivity index (χ3v) is 4.61. The van der Waals surface area contributed by atoms with E-state index in [4.69, 9.17) is 4.74 Å². The molecule has 1 aliphatic rings. The Balaban J connectivity index is 2.46. The lowest BCUT2D eigenvalue weighted by molar-refractivity contribution is 0.241. The van der Waals surface area contributed by atoms with Crippen LogP contribution in [-0.4, -0.2) is 18.8 Å². The summed E-state index contributed by atoms with van der Waals surface area (Å²) in [6.45, 7) is 6.97. The van der Waals surface area contributed by atoms with Gasteiger partial charge in [0.05, 0.1) is 7.11 Å². The maximum absolute atomic E-state index is 9.20. The minimum absolute atomic E-state index is 0.283. The van der Waals surface area contributed by atoms with Gasteiger partial charge in [-0.25, -0.2) is 0 Å². The molecule has 0 radical (unpaired) electrons. The molecule has 0 fully saturated rings. The van der Waals surface area contributed by atoms with E-state index in [9.17, 15) is 5.11 Å². The molecular weight excluding hydrogens is 236 g/mol. The molecule has 2 nitrogen and oxygen atoms in total. The molecule has 0 aromatic heterocycles. The number of methoxy groups -OCH3 is 1. The van der Waals surface area contributed by atoms with Crippen LogP contribution in [0, 0.1) is 12.8 Å². The Hall–Kier alpha value is -1.02. The van der Waals surface area contributed by atoms with Crippen molar-refractivity contribution in [2.24, 2.45) is 5.92 Å². The molecule has 3 atom stereocenters. The van der Waals surface area contributed by atoms with Crippen molar-refractivity contribution in [3.05, 3.63) is 28.8 Å². The van der Waals surface area contributed by atoms with Crippen LogP contribution in [0.5, 0.6) is 5.75 Å². The van der Waals surface area contributed by atoms with E-state index < -0.39 is 0 Å². The first-order chi connectivity index (χ1) is 9.08. The number of aliphatic hydroxyl groups is 1. The molecular formula is C17H26O2. The fraction of sp³-hybridized carbons (Fsp3) is 0.647. The molecule has 0 heterocycles. The molecule has 0 bridgehead atoms. The van der Waals surface area contributed by atoms with Gasteiger partial charge in [-0.1, -0.05) is 19.9 Å². The summed E-state index contributed by atoms with van der Waals surface area (Å²) in [5.41, 5.74) is 4.12. The topological polar surface area (TPSA) is 29.5 Å². The predicted molar refractivity (Wildman–Crippen MR) is 79.0 cm³/mol. The van der Waals surface area contributed by atoms with E-state index >= 15 is 0 Å². The van der Waals surface area contributed by atoms with E-state index in [0.717, 1.165) is 12.2 Å². The summed E-state index contributed by atoms with van der Waals surface area (Å²) in [6.07, 6.45) is 3.32. The number of aliphatic hydroxyl groups excluding tert-OH is 1. The molecule has 2 heteroatoms. The lowest BCUT2D eigenvalue weighted by Gasteiger charge is -2.34. The van der Waals surface area contributed by atoms with E-state index in [1.807, 2.05) is 0 Å². The van der Waals surface area contributed by atoms with Crippen LogP contribution >= 0.6 is 0 Å². The summed E-state index contributed by atoms with van der Waals surface area (Å²) in [5.74, 6) is 2.71. The summed E-state index contributed by atoms with van der Waals surface area (Å²) in [5, 5.41) is 9.20. The predicted octanol–water partition coefficient (Wildman–Crippen LogP) is 4.00. The smallest absolute Gasteiger partial charge is 0.122 e. The number of benzene rings is 1. The molecule has 0 unspecified atom stereocenters. The van der Waals surface area contributed by atoms with Crippen molar-refractivity contribution in [3.63, 3.8) is 0 Å². The number of hydrogen-bond acceptors (Lipinski definition) is 2. The van der Waals surface area contributed by atoms with E-state index in [0.29, 0.717) is 17.8 Å². The zero-order chi connectivity index (χ0) is 14.0. The normalized spacial score (nSPS) is 23.8. The third kappa shape index (κ3) is 2.79. The van der Waals surface area contributed by atoms with Crippen molar-refractivity contribution >= 4 is 0 Å². The number of aryl methyl sites for hydroxylation is 1. The molecule has 0 aliphatic heterocycles. The lowest BCUT2D eigenvalue weighted by Crippen LogP contribution is -2.20. The highest BCUT2D eigenvalue weighted by Crippen LogP contribution is 2.47. The van der Waals surface area contributed by atoms with E-state index in [2.05, 4.69) is 32.9 Å². The summed E-state index contributed by atoms with van der Waals surface area (Å²) >= 11 is 0. The number of fused-ring (bicyclic) bond motifs is 1. The quantitative estimate of drug-likeness (QED) is 0.888. The molecule has 0 saturated heterocycles. The number of hydrogen-bond donors (Lipinski definition) is 1. The van der Waals surface area contributed by atoms with Crippen LogP contribution in [0.15, 0.2) is 12.1 Å². The van der Waals surface area contributed by atoms with Crippen molar-refractivity contribution in [1.82, 2.24) is 0 Å². The second-order valence-electron chi connectivity index (χ2n) is 6.04. The molecule has 0 spiro atoms. The Morgan fingerprint density at radius 2 is 2.11 bits per heavy atom. The van der Waals surface area contributed by atoms with Crippen LogP contribution < -0.4 is 4.74 Å². The van der Waals surface area contributed by atoms with Gasteiger partial charge in [0.25, 0.3) is 0 Å². The molecule has 1 N–H and O–H groups in total. The standard InChI is InChI=1S/C17H26O2/c1-11-9-15-14(12(2)7-8-18)6-5-13(3)17(15)16(10-11)19-4/h9-10,12-14,18H,5-8H2,1-4H3/t12-,13-,14+/m0/s1. The van der Waals surface area contributed by atoms with Crippen LogP contribution in [0.25, 0.3) is 0 Å². The summed E-state index contributed by atoms with van der Waals surface area (Å²) in [6, 6.07) is 4.47. The Morgan fingerprint density at radius 3 is 2.74 bits per heavy atom. The fourth-order valence-corrected chi connectivity index (χ4v) is 3.52. The summed E-state index contributed by atoms with van der Waals surface area (Å²) in [7, 11) is 1.77. The Bertz CT molecular complexity index is 439. The van der Waals surface area contributed by atoms with E-state index in [1.54, 1.807) is 7.11 Å². The minimum Gasteiger partial charge on any atom is -0.496 e. The first-order valence-corrected chi connectivity index (χ1v) is 7.37. The fourth-order valence-electron chi connectivity index (χ4n) is 3.52. The highest BCUT2D eigenvalue weighted by Gasteiger charge is 2.30. The molecule has 0 saturated carbocycles. The van der Waals surface area contributed by atoms with Gasteiger partial charge in [-0.05, 0) is 61.1 Å². The highest BCUT2D eigenvalue weighted by atomic mass is 16.5. The molecule has 106 valence electrons. The summed E-state index contributed by atoms with van der Waals surface area (Å²) in [4.78, 5) is 0. The zero-order valence-corrected chi connectivity index (χ0v) is 12.6. The van der Waals surface area contributed by atoms with Crippen LogP contribution in [0.1, 0.15) is 61.6 Å². The van der Waals surface area contributed by atoms with Gasteiger partial charge >= 0.3 is 0 Å². The number of ether oxygens (including phenoxy) is 1. The molecule has 0 amide bonds. The second-order valence-corrected chi connectivity index (χ2v) is 6.04. The average Bonchev–Trinajstić information content (AvgIpc) is 2.38. The van der Waals surface area contributed by atoms with Gasteiger partial charge in [-0.2, -0.15) is 0 Å². The Morgan fingerprint density at radius 1 is 1.37 bits per heavy atom. The van der Waals surface area contributed by atoms with Gasteiger partial charge in [0.2, 0.25) is 0 Å². The van der Waals surface area contributed by atoms with Crippen LogP contribution in [0.2, 0.25) is 0 Å². The SMILES string of the molecule is COc1cc(C)cc2c1[C@@H](C)CC[C@@H]2[C@@H](C)CCO. The minimum atomic E-state index is 0.283. The van der Waals surface area contributed by atoms with Crippen molar-refractivity contribution < 1.29 is 9.84 Å². The molecule has 19 heavy (non-hydrogen) atoms. The van der Waals surface area contributed by atoms with Gasteiger partial charge < -0.3 is 9.84 Å². The van der Waals surface area contributed by atoms with Crippen molar-refractivity contribution in [3.8, 4) is 5.75 Å². The van der Waals surface area contributed by atoms with Gasteiger partial charge in [0.15, 0.2) is 0 Å². The van der Waals surface area contributed by atoms with Crippen LogP contribution in [0.4, 0.5) is 0 Å². The lowest BCUT2D eigenvalue weighted by atomic mass is 9.71. The maximum atomic E-state index is 9.20. The number of rotatable bonds is 4. The highest BCUT2D eigenvalue weighted by molar-refractivity contribution is 5.48. The maximum Gasteiger partial charge on any atom is 0.122 e. The molecule has 1 aromatic carbocycles. The van der Waals surface area contributed by atoms with Gasteiger partial charge in [0, 0.05) is 12.2 Å². The van der Waals surface area contributed by atoms with Gasteiger partial charge in [-0.15, -0.1) is 0 Å². The largest absolute Gasteiger partial charge is 0.496 e. The zero-order valence-electron chi connectivity index (χ0n) is 12.6. The first kappa shape index (κ1) is 14.4. The third-order valence-electron chi connectivity index (χ3n) is 4.61. The second kappa shape index (κ2) is 5.96. The molecule has 1 aromatic rings. The van der Waals surface area contributed by atoms with Gasteiger partial charge in [-0.3, -0.25) is 0 Å². The van der Waals surface area contributed by atoms with Crippen molar-refractivity contribution in [1.29, 1.82) is 0 Å². The van der Waals surface area contributed by atoms with Crippen molar-refractivity contribution in [2.75, 3.05) is 13.7 Å². The van der Waals surface area contributed by atoms with Crippen LogP contribution in [0.3, 0.4) is 0 Å². The summed E-state index contributed by atoms with van der Waals surface area (Å²) < 4.78 is 5.60. The molecule has 2 rings (SSSR count).